The van der Waals surface area contributed by atoms with Crippen LogP contribution in [0.25, 0.3) is 0 Å². The minimum Gasteiger partial charge on any atom is -0.361 e. The number of hydrogen-bond donors (Lipinski definition) is 1. The molecule has 0 aromatic carbocycles. The molecule has 0 bridgehead atoms. The lowest BCUT2D eigenvalue weighted by atomic mass is 9.77. The molecule has 1 N–H and O–H groups in total. The van der Waals surface area contributed by atoms with E-state index in [9.17, 15) is 0 Å². The summed E-state index contributed by atoms with van der Waals surface area (Å²) in [5.41, 5.74) is 4.70. The second-order valence-electron chi connectivity index (χ2n) is 11.1. The lowest BCUT2D eigenvalue weighted by Gasteiger charge is -2.29. The molecule has 188 valence electrons. The molecule has 1 saturated carbocycles. The minimum absolute atomic E-state index is 0.351. The standard InChI is InChI=1S/C30H53N3/c1-8-24(3)22-29(32-26(5)33-19-10-11-20-33)28-13-12-16-30(6,18-15-28)17-14-27(9-2)21-25(4)23-31-7/h21-22,28-29,31H,4,8-20,23H2,1-3,5-7H3. The highest BCUT2D eigenvalue weighted by atomic mass is 15.2. The summed E-state index contributed by atoms with van der Waals surface area (Å²) in [5, 5.41) is 3.22. The van der Waals surface area contributed by atoms with Crippen LogP contribution in [0, 0.1) is 11.3 Å². The van der Waals surface area contributed by atoms with E-state index in [0.717, 1.165) is 19.4 Å². The van der Waals surface area contributed by atoms with Crippen LogP contribution in [-0.4, -0.2) is 43.5 Å². The molecule has 0 spiro atoms. The molecule has 33 heavy (non-hydrogen) atoms. The summed E-state index contributed by atoms with van der Waals surface area (Å²) in [6.45, 7) is 19.1. The summed E-state index contributed by atoms with van der Waals surface area (Å²) in [4.78, 5) is 7.84. The van der Waals surface area contributed by atoms with Gasteiger partial charge in [-0.3, -0.25) is 4.99 Å². The van der Waals surface area contributed by atoms with Crippen LogP contribution in [0.2, 0.25) is 0 Å². The Balaban J connectivity index is 2.06. The molecule has 0 aromatic heterocycles. The van der Waals surface area contributed by atoms with Gasteiger partial charge in [-0.1, -0.05) is 57.1 Å². The molecule has 2 rings (SSSR count). The van der Waals surface area contributed by atoms with Crippen molar-refractivity contribution in [3.8, 4) is 0 Å². The molecule has 1 aliphatic carbocycles. The van der Waals surface area contributed by atoms with Crippen molar-refractivity contribution in [1.82, 2.24) is 10.2 Å². The predicted molar refractivity (Wildman–Crippen MR) is 147 cm³/mol. The molecule has 0 amide bonds. The first-order valence-corrected chi connectivity index (χ1v) is 13.8. The second kappa shape index (κ2) is 14.1. The zero-order chi connectivity index (χ0) is 24.3. The third kappa shape index (κ3) is 9.43. The van der Waals surface area contributed by atoms with Gasteiger partial charge in [0.1, 0.15) is 0 Å². The molecule has 3 unspecified atom stereocenters. The molecule has 0 radical (unpaired) electrons. The molecule has 1 saturated heterocycles. The maximum atomic E-state index is 5.34. The largest absolute Gasteiger partial charge is 0.361 e. The van der Waals surface area contributed by atoms with Gasteiger partial charge in [-0.15, -0.1) is 0 Å². The molecule has 1 heterocycles. The van der Waals surface area contributed by atoms with E-state index in [1.165, 1.54) is 87.9 Å². The normalized spacial score (nSPS) is 26.4. The van der Waals surface area contributed by atoms with Crippen LogP contribution in [0.1, 0.15) is 105 Å². The van der Waals surface area contributed by atoms with Gasteiger partial charge in [0.15, 0.2) is 0 Å². The Morgan fingerprint density at radius 2 is 1.85 bits per heavy atom. The molecule has 2 aliphatic rings. The van der Waals surface area contributed by atoms with E-state index in [1.54, 1.807) is 5.57 Å². The lowest BCUT2D eigenvalue weighted by molar-refractivity contribution is 0.248. The summed E-state index contributed by atoms with van der Waals surface area (Å²) >= 11 is 0. The summed E-state index contributed by atoms with van der Waals surface area (Å²) in [5.74, 6) is 1.95. The number of nitrogens with one attached hydrogen (secondary N) is 1. The second-order valence-corrected chi connectivity index (χ2v) is 11.1. The highest BCUT2D eigenvalue weighted by Crippen LogP contribution is 2.42. The number of likely N-dealkylation sites (tertiary alicyclic amines) is 1. The van der Waals surface area contributed by atoms with Crippen molar-refractivity contribution in [3.63, 3.8) is 0 Å². The number of hydrogen-bond acceptors (Lipinski definition) is 2. The first kappa shape index (κ1) is 27.9. The molecule has 3 nitrogen and oxygen atoms in total. The van der Waals surface area contributed by atoms with Crippen molar-refractivity contribution in [2.75, 3.05) is 26.7 Å². The Labute approximate surface area is 205 Å². The first-order chi connectivity index (χ1) is 15.8. The SMILES string of the molecule is C=C(C=C(CC)CCC1(C)CCCC(C(C=C(C)CC)N=C(C)N2CCCC2)CC1)CNC. The molecule has 3 atom stereocenters. The van der Waals surface area contributed by atoms with Crippen LogP contribution in [-0.2, 0) is 0 Å². The maximum absolute atomic E-state index is 5.34. The van der Waals surface area contributed by atoms with Crippen LogP contribution >= 0.6 is 0 Å². The first-order valence-electron chi connectivity index (χ1n) is 13.8. The summed E-state index contributed by atoms with van der Waals surface area (Å²) in [6.07, 6.45) is 18.9. The summed E-state index contributed by atoms with van der Waals surface area (Å²) in [7, 11) is 1.99. The van der Waals surface area contributed by atoms with E-state index in [4.69, 9.17) is 4.99 Å². The van der Waals surface area contributed by atoms with Crippen molar-refractivity contribution in [2.45, 2.75) is 111 Å². The Kier molecular flexibility index (Phi) is 12.0. The topological polar surface area (TPSA) is 27.6 Å². The average molecular weight is 456 g/mol. The van der Waals surface area contributed by atoms with E-state index in [0.29, 0.717) is 17.4 Å². The molecule has 3 heteroatoms. The fraction of sp³-hybridized carbons (Fsp3) is 0.767. The average Bonchev–Trinajstić information content (AvgIpc) is 3.26. The van der Waals surface area contributed by atoms with Crippen LogP contribution in [0.4, 0.5) is 0 Å². The van der Waals surface area contributed by atoms with Crippen LogP contribution in [0.3, 0.4) is 0 Å². The zero-order valence-electron chi connectivity index (χ0n) is 22.8. The molecular formula is C30H53N3. The number of likely N-dealkylation sites (N-methyl/N-ethyl adjacent to an activating group) is 1. The lowest BCUT2D eigenvalue weighted by Crippen LogP contribution is -2.28. The van der Waals surface area contributed by atoms with Crippen LogP contribution in [0.5, 0.6) is 0 Å². The van der Waals surface area contributed by atoms with Crippen LogP contribution < -0.4 is 5.32 Å². The van der Waals surface area contributed by atoms with Gasteiger partial charge in [0, 0.05) is 19.6 Å². The minimum atomic E-state index is 0.351. The summed E-state index contributed by atoms with van der Waals surface area (Å²) < 4.78 is 0. The van der Waals surface area contributed by atoms with Gasteiger partial charge in [0.05, 0.1) is 11.9 Å². The van der Waals surface area contributed by atoms with Gasteiger partial charge >= 0.3 is 0 Å². The van der Waals surface area contributed by atoms with Gasteiger partial charge in [0.25, 0.3) is 0 Å². The summed E-state index contributed by atoms with van der Waals surface area (Å²) in [6, 6.07) is 0.351. The fourth-order valence-corrected chi connectivity index (χ4v) is 5.59. The van der Waals surface area contributed by atoms with Crippen molar-refractivity contribution in [3.05, 3.63) is 35.5 Å². The van der Waals surface area contributed by atoms with E-state index in [-0.39, 0.29) is 0 Å². The van der Waals surface area contributed by atoms with E-state index < -0.39 is 0 Å². The van der Waals surface area contributed by atoms with Gasteiger partial charge in [-0.2, -0.15) is 0 Å². The van der Waals surface area contributed by atoms with Gasteiger partial charge in [-0.05, 0) is 102 Å². The predicted octanol–water partition coefficient (Wildman–Crippen LogP) is 7.70. The molecule has 0 aromatic rings. The van der Waals surface area contributed by atoms with E-state index >= 15 is 0 Å². The molecule has 2 fully saturated rings. The zero-order valence-corrected chi connectivity index (χ0v) is 22.8. The Morgan fingerprint density at radius 3 is 2.48 bits per heavy atom. The highest BCUT2D eigenvalue weighted by Gasteiger charge is 2.31. The molecular weight excluding hydrogens is 402 g/mol. The number of amidine groups is 1. The van der Waals surface area contributed by atoms with Crippen molar-refractivity contribution < 1.29 is 0 Å². The quantitative estimate of drug-likeness (QED) is 0.114. The van der Waals surface area contributed by atoms with Crippen LogP contribution in [0.15, 0.2) is 40.4 Å². The monoisotopic (exact) mass is 455 g/mol. The van der Waals surface area contributed by atoms with Gasteiger partial charge in [0.2, 0.25) is 0 Å². The van der Waals surface area contributed by atoms with Gasteiger partial charge in [-0.25, -0.2) is 0 Å². The Morgan fingerprint density at radius 1 is 1.12 bits per heavy atom. The maximum Gasteiger partial charge on any atom is 0.0965 e. The van der Waals surface area contributed by atoms with E-state index in [2.05, 4.69) is 63.6 Å². The Hall–Kier alpha value is -1.35. The van der Waals surface area contributed by atoms with Crippen molar-refractivity contribution in [2.24, 2.45) is 16.3 Å². The smallest absolute Gasteiger partial charge is 0.0965 e. The van der Waals surface area contributed by atoms with E-state index in [1.807, 2.05) is 7.05 Å². The third-order valence-corrected chi connectivity index (χ3v) is 8.19. The third-order valence-electron chi connectivity index (χ3n) is 8.19. The fourth-order valence-electron chi connectivity index (χ4n) is 5.59. The highest BCUT2D eigenvalue weighted by molar-refractivity contribution is 5.80. The number of rotatable bonds is 11. The number of nitrogens with zero attached hydrogens (tertiary/aromatic N) is 2. The van der Waals surface area contributed by atoms with Gasteiger partial charge < -0.3 is 10.2 Å². The number of aliphatic imine (C=N–C) groups is 1. The number of allylic oxidation sites excluding steroid dienone is 2. The van der Waals surface area contributed by atoms with Crippen molar-refractivity contribution in [1.29, 1.82) is 0 Å². The molecule has 1 aliphatic heterocycles. The Bertz CT molecular complexity index is 695. The van der Waals surface area contributed by atoms with Crippen molar-refractivity contribution >= 4 is 5.84 Å².